The highest BCUT2D eigenvalue weighted by molar-refractivity contribution is 4.98. The second kappa shape index (κ2) is 2.46. The molecule has 0 aromatic heterocycles. The van der Waals surface area contributed by atoms with Crippen molar-refractivity contribution >= 4 is 0 Å². The summed E-state index contributed by atoms with van der Waals surface area (Å²) in [7, 11) is 0. The van der Waals surface area contributed by atoms with Crippen molar-refractivity contribution in [3.8, 4) is 0 Å². The molecule has 0 radical (unpaired) electrons. The van der Waals surface area contributed by atoms with Crippen LogP contribution >= 0.6 is 0 Å². The zero-order valence-corrected chi connectivity index (χ0v) is 9.12. The van der Waals surface area contributed by atoms with Gasteiger partial charge in [0.2, 0.25) is 0 Å². The number of ether oxygens (including phenoxy) is 1. The minimum Gasteiger partial charge on any atom is -0.358 e. The van der Waals surface area contributed by atoms with E-state index in [0.717, 1.165) is 6.61 Å². The highest BCUT2D eigenvalue weighted by atomic mass is 16.5. The topological polar surface area (TPSA) is 21.3 Å². The summed E-state index contributed by atoms with van der Waals surface area (Å²) >= 11 is 0. The first kappa shape index (κ1) is 10.0. The number of nitrogens with one attached hydrogen (secondary N) is 1. The third-order valence-electron chi connectivity index (χ3n) is 2.73. The Kier molecular flexibility index (Phi) is 2.05. The number of rotatable bonds is 0. The van der Waals surface area contributed by atoms with E-state index in [0.29, 0.717) is 0 Å². The quantitative estimate of drug-likeness (QED) is 0.603. The second-order valence-corrected chi connectivity index (χ2v) is 5.58. The molecule has 1 saturated heterocycles. The lowest BCUT2D eigenvalue weighted by Crippen LogP contribution is -2.54. The number of hydrogen-bond donors (Lipinski definition) is 1. The molecule has 1 heterocycles. The summed E-state index contributed by atoms with van der Waals surface area (Å²) in [6.07, 6.45) is 0. The molecule has 12 heavy (non-hydrogen) atoms. The molecular formula is C10H21NO. The van der Waals surface area contributed by atoms with Crippen LogP contribution in [-0.4, -0.2) is 17.9 Å². The van der Waals surface area contributed by atoms with Crippen molar-refractivity contribution in [1.82, 2.24) is 5.32 Å². The van der Waals surface area contributed by atoms with E-state index in [4.69, 9.17) is 4.74 Å². The Balaban J connectivity index is 2.78. The van der Waals surface area contributed by atoms with Gasteiger partial charge in [0.1, 0.15) is 5.72 Å². The summed E-state index contributed by atoms with van der Waals surface area (Å²) < 4.78 is 5.81. The van der Waals surface area contributed by atoms with Crippen LogP contribution in [0.4, 0.5) is 0 Å². The first-order valence-corrected chi connectivity index (χ1v) is 4.60. The average molecular weight is 171 g/mol. The number of hydrogen-bond acceptors (Lipinski definition) is 2. The largest absolute Gasteiger partial charge is 0.358 e. The predicted octanol–water partition coefficient (Wildman–Crippen LogP) is 2.15. The Morgan fingerprint density at radius 1 is 1.17 bits per heavy atom. The van der Waals surface area contributed by atoms with Gasteiger partial charge in [-0.05, 0) is 20.8 Å². The van der Waals surface area contributed by atoms with Gasteiger partial charge in [-0.2, -0.15) is 0 Å². The van der Waals surface area contributed by atoms with Crippen molar-refractivity contribution in [2.24, 2.45) is 5.41 Å². The van der Waals surface area contributed by atoms with E-state index in [2.05, 4.69) is 46.9 Å². The van der Waals surface area contributed by atoms with Gasteiger partial charge in [-0.3, -0.25) is 5.32 Å². The van der Waals surface area contributed by atoms with Crippen LogP contribution in [0.3, 0.4) is 0 Å². The Bertz CT molecular complexity index is 181. The van der Waals surface area contributed by atoms with Crippen molar-refractivity contribution in [3.63, 3.8) is 0 Å². The van der Waals surface area contributed by atoms with Crippen LogP contribution in [0.25, 0.3) is 0 Å². The van der Waals surface area contributed by atoms with Crippen molar-refractivity contribution in [1.29, 1.82) is 0 Å². The van der Waals surface area contributed by atoms with Crippen LogP contribution in [0.5, 0.6) is 0 Å². The van der Waals surface area contributed by atoms with E-state index in [1.54, 1.807) is 0 Å². The molecule has 1 unspecified atom stereocenters. The highest BCUT2D eigenvalue weighted by Crippen LogP contribution is 2.37. The molecule has 0 bridgehead atoms. The van der Waals surface area contributed by atoms with E-state index in [-0.39, 0.29) is 16.7 Å². The summed E-state index contributed by atoms with van der Waals surface area (Å²) in [5.41, 5.74) is 0.0688. The summed E-state index contributed by atoms with van der Waals surface area (Å²) in [6, 6.07) is 0. The van der Waals surface area contributed by atoms with Gasteiger partial charge in [-0.25, -0.2) is 0 Å². The van der Waals surface area contributed by atoms with Crippen LogP contribution in [0.15, 0.2) is 0 Å². The molecular weight excluding hydrogens is 150 g/mol. The second-order valence-electron chi connectivity index (χ2n) is 5.58. The van der Waals surface area contributed by atoms with Gasteiger partial charge in [0.25, 0.3) is 0 Å². The van der Waals surface area contributed by atoms with Crippen LogP contribution in [0.2, 0.25) is 0 Å². The monoisotopic (exact) mass is 171 g/mol. The lowest BCUT2D eigenvalue weighted by Gasteiger charge is -2.38. The van der Waals surface area contributed by atoms with Gasteiger partial charge in [0.15, 0.2) is 0 Å². The Morgan fingerprint density at radius 2 is 1.67 bits per heavy atom. The summed E-state index contributed by atoms with van der Waals surface area (Å²) in [5, 5.41) is 3.52. The molecule has 0 aromatic carbocycles. The summed E-state index contributed by atoms with van der Waals surface area (Å²) in [6.45, 7) is 13.8. The molecule has 0 spiro atoms. The Hall–Kier alpha value is -0.0800. The summed E-state index contributed by atoms with van der Waals surface area (Å²) in [4.78, 5) is 0. The molecule has 1 N–H and O–H groups in total. The lowest BCUT2D eigenvalue weighted by molar-refractivity contribution is -0.0766. The van der Waals surface area contributed by atoms with E-state index in [9.17, 15) is 0 Å². The highest BCUT2D eigenvalue weighted by Gasteiger charge is 2.47. The Morgan fingerprint density at radius 3 is 1.83 bits per heavy atom. The van der Waals surface area contributed by atoms with E-state index < -0.39 is 0 Å². The van der Waals surface area contributed by atoms with Gasteiger partial charge >= 0.3 is 0 Å². The summed E-state index contributed by atoms with van der Waals surface area (Å²) in [5.74, 6) is 0. The van der Waals surface area contributed by atoms with Crippen molar-refractivity contribution in [3.05, 3.63) is 0 Å². The third-order valence-corrected chi connectivity index (χ3v) is 2.73. The Labute approximate surface area is 75.7 Å². The SMILES string of the molecule is CC1(C)COC(C)(C(C)(C)C)N1. The fourth-order valence-corrected chi connectivity index (χ4v) is 1.45. The molecule has 0 aromatic rings. The van der Waals surface area contributed by atoms with Gasteiger partial charge in [-0.15, -0.1) is 0 Å². The molecule has 1 fully saturated rings. The maximum absolute atomic E-state index is 5.81. The lowest BCUT2D eigenvalue weighted by atomic mass is 9.84. The fourth-order valence-electron chi connectivity index (χ4n) is 1.45. The molecule has 2 nitrogen and oxygen atoms in total. The molecule has 1 aliphatic rings. The maximum atomic E-state index is 5.81. The maximum Gasteiger partial charge on any atom is 0.121 e. The van der Waals surface area contributed by atoms with Crippen molar-refractivity contribution in [2.45, 2.75) is 52.8 Å². The van der Waals surface area contributed by atoms with Crippen LogP contribution in [-0.2, 0) is 4.74 Å². The molecule has 1 rings (SSSR count). The van der Waals surface area contributed by atoms with Gasteiger partial charge in [0.05, 0.1) is 6.61 Å². The standard InChI is InChI=1S/C10H21NO/c1-8(2,3)10(6)11-9(4,5)7-12-10/h11H,7H2,1-6H3. The molecule has 0 amide bonds. The molecule has 72 valence electrons. The molecule has 2 heteroatoms. The van der Waals surface area contributed by atoms with Crippen LogP contribution in [0.1, 0.15) is 41.5 Å². The smallest absolute Gasteiger partial charge is 0.121 e. The molecule has 1 aliphatic heterocycles. The van der Waals surface area contributed by atoms with Crippen LogP contribution in [0, 0.1) is 5.41 Å². The predicted molar refractivity (Wildman–Crippen MR) is 51.0 cm³/mol. The molecule has 0 saturated carbocycles. The zero-order valence-electron chi connectivity index (χ0n) is 9.12. The average Bonchev–Trinajstić information content (AvgIpc) is 2.05. The first-order valence-electron chi connectivity index (χ1n) is 4.60. The van der Waals surface area contributed by atoms with Gasteiger partial charge in [-0.1, -0.05) is 20.8 Å². The zero-order chi connectivity index (χ0) is 9.62. The van der Waals surface area contributed by atoms with Crippen molar-refractivity contribution < 1.29 is 4.74 Å². The fraction of sp³-hybridized carbons (Fsp3) is 1.00. The van der Waals surface area contributed by atoms with Gasteiger partial charge in [0, 0.05) is 11.0 Å². The minimum absolute atomic E-state index is 0.113. The van der Waals surface area contributed by atoms with Gasteiger partial charge < -0.3 is 4.74 Å². The van der Waals surface area contributed by atoms with E-state index in [1.165, 1.54) is 0 Å². The van der Waals surface area contributed by atoms with E-state index >= 15 is 0 Å². The first-order chi connectivity index (χ1) is 5.16. The third kappa shape index (κ3) is 1.64. The van der Waals surface area contributed by atoms with Crippen LogP contribution < -0.4 is 5.32 Å². The van der Waals surface area contributed by atoms with Crippen molar-refractivity contribution in [2.75, 3.05) is 6.61 Å². The normalized spacial score (nSPS) is 35.5. The molecule has 1 atom stereocenters. The molecule has 0 aliphatic carbocycles. The minimum atomic E-state index is -0.184. The van der Waals surface area contributed by atoms with E-state index in [1.807, 2.05) is 0 Å².